The summed E-state index contributed by atoms with van der Waals surface area (Å²) in [6, 6.07) is 3.83. The molecule has 4 aromatic rings. The molecule has 4 aliphatic heterocycles. The zero-order valence-corrected chi connectivity index (χ0v) is 25.7. The molecule has 8 rings (SSSR count). The van der Waals surface area contributed by atoms with E-state index in [0.29, 0.717) is 31.9 Å². The van der Waals surface area contributed by atoms with Crippen molar-refractivity contribution in [3.05, 3.63) is 64.2 Å². The molecule has 3 fully saturated rings. The Labute approximate surface area is 271 Å². The summed E-state index contributed by atoms with van der Waals surface area (Å²) in [6.07, 6.45) is 10.7. The second-order valence-electron chi connectivity index (χ2n) is 12.8. The first-order valence-electron chi connectivity index (χ1n) is 15.3. The summed E-state index contributed by atoms with van der Waals surface area (Å²) in [5.41, 5.74) is 4.30. The molecule has 0 amide bonds. The molecule has 3 aromatic carbocycles. The smallest absolute Gasteiger partial charge is 0.319 e. The molecular weight excluding hydrogens is 639 g/mol. The van der Waals surface area contributed by atoms with Gasteiger partial charge in [-0.15, -0.1) is 6.42 Å². The summed E-state index contributed by atoms with van der Waals surface area (Å²) >= 11 is 6.78. The number of piperazine rings is 1. The van der Waals surface area contributed by atoms with Crippen LogP contribution in [0.4, 0.5) is 33.5 Å². The number of hydrogen-bond donors (Lipinski definition) is 2. The van der Waals surface area contributed by atoms with Gasteiger partial charge in [-0.05, 0) is 43.1 Å². The van der Waals surface area contributed by atoms with Crippen molar-refractivity contribution < 1.29 is 26.7 Å². The lowest BCUT2D eigenvalue weighted by molar-refractivity contribution is 0.107. The highest BCUT2D eigenvalue weighted by atomic mass is 35.5. The number of benzene rings is 3. The Balaban J connectivity index is 1.32. The monoisotopic (exact) mass is 666 g/mol. The fraction of sp³-hybridized carbons (Fsp3) is 0.353. The Morgan fingerprint density at radius 3 is 2.53 bits per heavy atom. The molecule has 0 saturated carbocycles. The number of fused-ring (bicyclic) bond motifs is 5. The van der Waals surface area contributed by atoms with Crippen LogP contribution in [0, 0.1) is 35.6 Å². The molecule has 0 aliphatic carbocycles. The molecule has 3 N–H and O–H groups in total. The van der Waals surface area contributed by atoms with Gasteiger partial charge in [0.05, 0.1) is 16.1 Å². The van der Waals surface area contributed by atoms with Crippen molar-refractivity contribution >= 4 is 44.8 Å². The molecule has 0 radical (unpaired) electrons. The van der Waals surface area contributed by atoms with Crippen molar-refractivity contribution in [2.75, 3.05) is 43.4 Å². The number of anilines is 2. The van der Waals surface area contributed by atoms with E-state index in [0.717, 1.165) is 25.5 Å². The maximum absolute atomic E-state index is 17.0. The first-order chi connectivity index (χ1) is 22.6. The van der Waals surface area contributed by atoms with Crippen LogP contribution in [0.25, 0.3) is 32.8 Å². The second kappa shape index (κ2) is 10.9. The van der Waals surface area contributed by atoms with E-state index in [9.17, 15) is 13.2 Å². The number of ether oxygens (including phenoxy) is 1. The zero-order chi connectivity index (χ0) is 32.8. The second-order valence-corrected chi connectivity index (χ2v) is 13.2. The SMILES string of the molecule is C#Cc1c(F)c(F)c(F)c2cc(N)cc(-c3c(Cl)cc4c(N5CC6C=CC(C5)N6)nc(OC[C@@]56CCCN5C[C@H](F)C6)nc4c3F)c12. The third-order valence-electron chi connectivity index (χ3n) is 9.88. The van der Waals surface area contributed by atoms with Gasteiger partial charge in [0.15, 0.2) is 23.3 Å². The van der Waals surface area contributed by atoms with Gasteiger partial charge in [0.2, 0.25) is 0 Å². The third-order valence-corrected chi connectivity index (χ3v) is 10.2. The van der Waals surface area contributed by atoms with E-state index < -0.39 is 45.9 Å². The fourth-order valence-electron chi connectivity index (χ4n) is 7.84. The van der Waals surface area contributed by atoms with Gasteiger partial charge in [0.25, 0.3) is 0 Å². The van der Waals surface area contributed by atoms with Gasteiger partial charge in [-0.25, -0.2) is 22.0 Å². The predicted molar refractivity (Wildman–Crippen MR) is 170 cm³/mol. The van der Waals surface area contributed by atoms with Crippen LogP contribution in [-0.4, -0.2) is 71.4 Å². The molecule has 4 atom stereocenters. The van der Waals surface area contributed by atoms with Crippen LogP contribution in [0.5, 0.6) is 6.01 Å². The van der Waals surface area contributed by atoms with Gasteiger partial charge in [-0.1, -0.05) is 29.7 Å². The molecule has 3 saturated heterocycles. The van der Waals surface area contributed by atoms with Crippen molar-refractivity contribution in [3.63, 3.8) is 0 Å². The first kappa shape index (κ1) is 30.2. The zero-order valence-electron chi connectivity index (χ0n) is 24.9. The molecule has 242 valence electrons. The van der Waals surface area contributed by atoms with E-state index in [1.807, 2.05) is 4.90 Å². The summed E-state index contributed by atoms with van der Waals surface area (Å²) in [4.78, 5) is 13.3. The van der Waals surface area contributed by atoms with Crippen LogP contribution >= 0.6 is 11.6 Å². The molecule has 2 unspecified atom stereocenters. The molecule has 4 aliphatic rings. The summed E-state index contributed by atoms with van der Waals surface area (Å²) in [5.74, 6) is -3.37. The molecule has 1 aromatic heterocycles. The third kappa shape index (κ3) is 4.70. The number of rotatable bonds is 5. The Morgan fingerprint density at radius 2 is 1.79 bits per heavy atom. The molecule has 7 nitrogen and oxygen atoms in total. The molecule has 5 heterocycles. The topological polar surface area (TPSA) is 79.5 Å². The lowest BCUT2D eigenvalue weighted by atomic mass is 9.92. The van der Waals surface area contributed by atoms with E-state index in [2.05, 4.69) is 33.3 Å². The number of nitrogens with one attached hydrogen (secondary N) is 1. The van der Waals surface area contributed by atoms with Gasteiger partial charge in [-0.3, -0.25) is 4.90 Å². The number of nitrogens with zero attached hydrogens (tertiary/aromatic N) is 4. The van der Waals surface area contributed by atoms with Crippen molar-refractivity contribution in [3.8, 4) is 29.5 Å². The van der Waals surface area contributed by atoms with Crippen molar-refractivity contribution in [2.45, 2.75) is 43.1 Å². The largest absolute Gasteiger partial charge is 0.461 e. The molecule has 2 bridgehead atoms. The Kier molecular flexibility index (Phi) is 7.02. The summed E-state index contributed by atoms with van der Waals surface area (Å²) in [7, 11) is 0. The molecule has 0 spiro atoms. The number of hydrogen-bond acceptors (Lipinski definition) is 7. The summed E-state index contributed by atoms with van der Waals surface area (Å²) < 4.78 is 82.2. The van der Waals surface area contributed by atoms with Gasteiger partial charge < -0.3 is 20.7 Å². The highest BCUT2D eigenvalue weighted by molar-refractivity contribution is 6.35. The lowest BCUT2D eigenvalue weighted by Crippen LogP contribution is -2.52. The van der Waals surface area contributed by atoms with E-state index in [4.69, 9.17) is 33.5 Å². The number of nitrogen functional groups attached to an aromatic ring is 1. The van der Waals surface area contributed by atoms with E-state index in [1.165, 1.54) is 12.1 Å². The van der Waals surface area contributed by atoms with Crippen molar-refractivity contribution in [1.29, 1.82) is 0 Å². The van der Waals surface area contributed by atoms with Gasteiger partial charge in [-0.2, -0.15) is 9.97 Å². The van der Waals surface area contributed by atoms with Crippen LogP contribution in [0.2, 0.25) is 5.02 Å². The minimum absolute atomic E-state index is 0.0414. The van der Waals surface area contributed by atoms with E-state index in [1.54, 1.807) is 0 Å². The molecule has 47 heavy (non-hydrogen) atoms. The number of nitrogens with two attached hydrogens (primary N) is 1. The van der Waals surface area contributed by atoms with Gasteiger partial charge in [0, 0.05) is 65.5 Å². The average Bonchev–Trinajstić information content (AvgIpc) is 3.69. The van der Waals surface area contributed by atoms with E-state index in [-0.39, 0.29) is 62.8 Å². The van der Waals surface area contributed by atoms with Crippen molar-refractivity contribution in [2.24, 2.45) is 0 Å². The average molecular weight is 667 g/mol. The van der Waals surface area contributed by atoms with Crippen LogP contribution in [-0.2, 0) is 0 Å². The van der Waals surface area contributed by atoms with Crippen LogP contribution in [0.1, 0.15) is 24.8 Å². The number of halogens is 6. The standard InChI is InChI=1S/C34H28ClF5N6O/c1-2-20-25-21(8-17(41)9-22(25)28(38)30(40)27(20)37)26-24(35)10-23-31(29(26)39)43-33(44-32(23)45-13-18-4-5-19(14-45)42-18)47-15-34-6-3-7-46(34)12-16(36)11-34/h1,4-5,8-10,16,18-19,42H,3,6-7,11-15,41H2/t16-,18?,19?,34+/m1/s1. The minimum atomic E-state index is -1.77. The van der Waals surface area contributed by atoms with Crippen LogP contribution < -0.4 is 20.7 Å². The van der Waals surface area contributed by atoms with Gasteiger partial charge >= 0.3 is 6.01 Å². The normalized spacial score (nSPS) is 25.2. The Morgan fingerprint density at radius 1 is 1.02 bits per heavy atom. The predicted octanol–water partition coefficient (Wildman–Crippen LogP) is 5.90. The number of aromatic nitrogens is 2. The lowest BCUT2D eigenvalue weighted by Gasteiger charge is -2.35. The maximum atomic E-state index is 17.0. The number of alkyl halides is 1. The quantitative estimate of drug-likeness (QED) is 0.0904. The maximum Gasteiger partial charge on any atom is 0.319 e. The highest BCUT2D eigenvalue weighted by Crippen LogP contribution is 2.45. The first-order valence-corrected chi connectivity index (χ1v) is 15.7. The number of terminal acetylenes is 1. The Bertz CT molecular complexity index is 2060. The van der Waals surface area contributed by atoms with Crippen LogP contribution in [0.3, 0.4) is 0 Å². The van der Waals surface area contributed by atoms with E-state index >= 15 is 8.78 Å². The highest BCUT2D eigenvalue weighted by Gasteiger charge is 2.49. The fourth-order valence-corrected chi connectivity index (χ4v) is 8.13. The summed E-state index contributed by atoms with van der Waals surface area (Å²) in [6.45, 7) is 2.26. The molecule has 13 heteroatoms. The van der Waals surface area contributed by atoms with Crippen molar-refractivity contribution in [1.82, 2.24) is 20.2 Å². The van der Waals surface area contributed by atoms with Gasteiger partial charge in [0.1, 0.15) is 24.1 Å². The summed E-state index contributed by atoms with van der Waals surface area (Å²) in [5, 5.41) is 2.91. The van der Waals surface area contributed by atoms with Crippen LogP contribution in [0.15, 0.2) is 30.4 Å². The Hall–Kier alpha value is -4.18. The minimum Gasteiger partial charge on any atom is -0.461 e. The molecular formula is C34H28ClF5N6O.